The van der Waals surface area contributed by atoms with E-state index < -0.39 is 5.91 Å². The number of amides is 1. The number of rotatable bonds is 3. The monoisotopic (exact) mass is 252 g/mol. The summed E-state index contributed by atoms with van der Waals surface area (Å²) < 4.78 is 5.28. The number of methoxy groups -OCH3 is 1. The van der Waals surface area contributed by atoms with Crippen molar-refractivity contribution in [3.05, 3.63) is 47.5 Å². The van der Waals surface area contributed by atoms with Crippen LogP contribution in [0.25, 0.3) is 16.8 Å². The van der Waals surface area contributed by atoms with Crippen LogP contribution >= 0.6 is 0 Å². The van der Waals surface area contributed by atoms with Crippen molar-refractivity contribution in [1.29, 1.82) is 5.26 Å². The number of nitrogens with zero attached hydrogens (tertiary/aromatic N) is 1. The van der Waals surface area contributed by atoms with Crippen molar-refractivity contribution >= 4 is 22.8 Å². The summed E-state index contributed by atoms with van der Waals surface area (Å²) in [6.45, 7) is 0. The van der Waals surface area contributed by atoms with Crippen molar-refractivity contribution in [3.63, 3.8) is 0 Å². The number of nitrogens with two attached hydrogens (primary N) is 1. The first-order chi connectivity index (χ1) is 9.17. The highest BCUT2D eigenvalue weighted by atomic mass is 16.5. The van der Waals surface area contributed by atoms with Gasteiger partial charge in [0, 0.05) is 5.39 Å². The van der Waals surface area contributed by atoms with E-state index in [1.54, 1.807) is 25.3 Å². The highest BCUT2D eigenvalue weighted by molar-refractivity contribution is 6.04. The Morgan fingerprint density at radius 3 is 2.53 bits per heavy atom. The lowest BCUT2D eigenvalue weighted by molar-refractivity contribution is -0.114. The molecule has 0 radical (unpaired) electrons. The van der Waals surface area contributed by atoms with Crippen molar-refractivity contribution in [2.45, 2.75) is 0 Å². The van der Waals surface area contributed by atoms with Crippen LogP contribution in [0, 0.1) is 11.3 Å². The van der Waals surface area contributed by atoms with Gasteiger partial charge in [-0.1, -0.05) is 30.3 Å². The molecule has 0 aromatic heterocycles. The van der Waals surface area contributed by atoms with E-state index in [2.05, 4.69) is 0 Å². The highest BCUT2D eigenvalue weighted by Crippen LogP contribution is 2.29. The molecule has 0 aliphatic rings. The minimum Gasteiger partial charge on any atom is -0.496 e. The van der Waals surface area contributed by atoms with Gasteiger partial charge >= 0.3 is 0 Å². The lowest BCUT2D eigenvalue weighted by Gasteiger charge is -2.08. The van der Waals surface area contributed by atoms with Crippen molar-refractivity contribution in [2.24, 2.45) is 5.73 Å². The molecule has 0 aliphatic heterocycles. The number of nitriles is 1. The summed E-state index contributed by atoms with van der Waals surface area (Å²) in [5, 5.41) is 10.7. The van der Waals surface area contributed by atoms with E-state index >= 15 is 0 Å². The Kier molecular flexibility index (Phi) is 3.48. The van der Waals surface area contributed by atoms with Crippen LogP contribution in [0.3, 0.4) is 0 Å². The molecule has 0 aliphatic carbocycles. The van der Waals surface area contributed by atoms with Crippen LogP contribution in [0.1, 0.15) is 5.56 Å². The van der Waals surface area contributed by atoms with Gasteiger partial charge in [-0.15, -0.1) is 0 Å². The molecule has 4 heteroatoms. The molecule has 0 saturated carbocycles. The maximum Gasteiger partial charge on any atom is 0.259 e. The molecule has 1 amide bonds. The van der Waals surface area contributed by atoms with Gasteiger partial charge in [0.15, 0.2) is 0 Å². The first kappa shape index (κ1) is 12.7. The predicted molar refractivity (Wildman–Crippen MR) is 73.3 cm³/mol. The standard InChI is InChI=1S/C15H12N2O2/c1-19-14-7-6-10(8-11(9-16)15(17)18)12-4-2-3-5-13(12)14/h2-8H,1H3,(H2,17,18). The molecule has 0 fully saturated rings. The number of fused-ring (bicyclic) bond motifs is 1. The van der Waals surface area contributed by atoms with Crippen LogP contribution in [0.15, 0.2) is 42.0 Å². The van der Waals surface area contributed by atoms with Gasteiger partial charge in [-0.05, 0) is 23.1 Å². The van der Waals surface area contributed by atoms with Crippen molar-refractivity contribution in [2.75, 3.05) is 7.11 Å². The molecule has 0 heterocycles. The molecule has 2 rings (SSSR count). The Hall–Kier alpha value is -2.80. The smallest absolute Gasteiger partial charge is 0.259 e. The molecule has 19 heavy (non-hydrogen) atoms. The van der Waals surface area contributed by atoms with Gasteiger partial charge in [0.2, 0.25) is 0 Å². The van der Waals surface area contributed by atoms with Crippen LogP contribution in [0.4, 0.5) is 0 Å². The fourth-order valence-corrected chi connectivity index (χ4v) is 1.91. The second-order valence-electron chi connectivity index (χ2n) is 3.94. The third kappa shape index (κ3) is 2.40. The summed E-state index contributed by atoms with van der Waals surface area (Å²) in [7, 11) is 1.60. The summed E-state index contributed by atoms with van der Waals surface area (Å²) in [5.74, 6) is 0.00716. The molecule has 0 atom stereocenters. The van der Waals surface area contributed by atoms with E-state index in [0.29, 0.717) is 0 Å². The molecular weight excluding hydrogens is 240 g/mol. The van der Waals surface area contributed by atoms with Gasteiger partial charge in [-0.2, -0.15) is 5.26 Å². The predicted octanol–water partition coefficient (Wildman–Crippen LogP) is 2.24. The van der Waals surface area contributed by atoms with Crippen LogP contribution < -0.4 is 10.5 Å². The van der Waals surface area contributed by atoms with E-state index in [4.69, 9.17) is 15.7 Å². The van der Waals surface area contributed by atoms with Crippen LogP contribution in [0.5, 0.6) is 5.75 Å². The van der Waals surface area contributed by atoms with Crippen molar-refractivity contribution < 1.29 is 9.53 Å². The van der Waals surface area contributed by atoms with Gasteiger partial charge in [0.1, 0.15) is 17.4 Å². The van der Waals surface area contributed by atoms with E-state index in [-0.39, 0.29) is 5.57 Å². The zero-order chi connectivity index (χ0) is 13.8. The average molecular weight is 252 g/mol. The minimum absolute atomic E-state index is 0.0738. The van der Waals surface area contributed by atoms with Gasteiger partial charge in [-0.25, -0.2) is 0 Å². The summed E-state index contributed by atoms with van der Waals surface area (Å²) in [4.78, 5) is 11.1. The molecule has 0 spiro atoms. The Balaban J connectivity index is 2.70. The number of hydrogen-bond acceptors (Lipinski definition) is 3. The molecule has 0 saturated heterocycles. The lowest BCUT2D eigenvalue weighted by Crippen LogP contribution is -2.12. The Morgan fingerprint density at radius 2 is 1.95 bits per heavy atom. The first-order valence-electron chi connectivity index (χ1n) is 5.64. The number of carbonyl (C=O) groups is 1. The van der Waals surface area contributed by atoms with E-state index in [0.717, 1.165) is 22.1 Å². The zero-order valence-corrected chi connectivity index (χ0v) is 10.4. The Labute approximate surface area is 110 Å². The van der Waals surface area contributed by atoms with Gasteiger partial charge in [0.05, 0.1) is 7.11 Å². The third-order valence-corrected chi connectivity index (χ3v) is 2.82. The van der Waals surface area contributed by atoms with E-state index in [9.17, 15) is 4.79 Å². The molecule has 2 aromatic carbocycles. The van der Waals surface area contributed by atoms with Crippen molar-refractivity contribution in [3.8, 4) is 11.8 Å². The second-order valence-corrected chi connectivity index (χ2v) is 3.94. The largest absolute Gasteiger partial charge is 0.496 e. The number of benzene rings is 2. The summed E-state index contributed by atoms with van der Waals surface area (Å²) >= 11 is 0. The summed E-state index contributed by atoms with van der Waals surface area (Å²) in [5.41, 5.74) is 5.82. The Morgan fingerprint density at radius 1 is 1.26 bits per heavy atom. The number of primary amides is 1. The SMILES string of the molecule is COc1ccc(C=C(C#N)C(N)=O)c2ccccc12. The fourth-order valence-electron chi connectivity index (χ4n) is 1.91. The maximum atomic E-state index is 11.1. The Bertz CT molecular complexity index is 712. The average Bonchev–Trinajstić information content (AvgIpc) is 2.44. The third-order valence-electron chi connectivity index (χ3n) is 2.82. The van der Waals surface area contributed by atoms with Crippen molar-refractivity contribution in [1.82, 2.24) is 0 Å². The topological polar surface area (TPSA) is 76.1 Å². The molecule has 0 bridgehead atoms. The molecule has 94 valence electrons. The number of carbonyl (C=O) groups excluding carboxylic acids is 1. The first-order valence-corrected chi connectivity index (χ1v) is 5.64. The second kappa shape index (κ2) is 5.23. The van der Waals surface area contributed by atoms with Crippen LogP contribution in [0.2, 0.25) is 0 Å². The van der Waals surface area contributed by atoms with Crippen LogP contribution in [-0.2, 0) is 4.79 Å². The lowest BCUT2D eigenvalue weighted by atomic mass is 10.0. The zero-order valence-electron chi connectivity index (χ0n) is 10.4. The maximum absolute atomic E-state index is 11.1. The number of hydrogen-bond donors (Lipinski definition) is 1. The highest BCUT2D eigenvalue weighted by Gasteiger charge is 2.08. The molecular formula is C15H12N2O2. The van der Waals surface area contributed by atoms with Crippen LogP contribution in [-0.4, -0.2) is 13.0 Å². The minimum atomic E-state index is -0.734. The van der Waals surface area contributed by atoms with Gasteiger partial charge < -0.3 is 10.5 Å². The summed E-state index contributed by atoms with van der Waals surface area (Å²) in [6, 6.07) is 13.0. The molecule has 4 nitrogen and oxygen atoms in total. The quantitative estimate of drug-likeness (QED) is 0.672. The van der Waals surface area contributed by atoms with E-state index in [1.165, 1.54) is 6.08 Å². The fraction of sp³-hybridized carbons (Fsp3) is 0.0667. The number of ether oxygens (including phenoxy) is 1. The normalized spacial score (nSPS) is 11.1. The van der Waals surface area contributed by atoms with Gasteiger partial charge in [-0.3, -0.25) is 4.79 Å². The summed E-state index contributed by atoms with van der Waals surface area (Å²) in [6.07, 6.45) is 1.49. The molecule has 2 N–H and O–H groups in total. The van der Waals surface area contributed by atoms with E-state index in [1.807, 2.05) is 24.3 Å². The molecule has 0 unspecified atom stereocenters. The molecule has 2 aromatic rings. The van der Waals surface area contributed by atoms with Gasteiger partial charge in [0.25, 0.3) is 5.91 Å².